The summed E-state index contributed by atoms with van der Waals surface area (Å²) in [6.07, 6.45) is 6.18. The third-order valence-corrected chi connectivity index (χ3v) is 5.90. The summed E-state index contributed by atoms with van der Waals surface area (Å²) in [7, 11) is 2.06. The van der Waals surface area contributed by atoms with Crippen molar-refractivity contribution < 1.29 is 7.65 Å². The summed E-state index contributed by atoms with van der Waals surface area (Å²) in [5, 5.41) is 6.56. The van der Waals surface area contributed by atoms with Gasteiger partial charge < -0.3 is 15.5 Å². The van der Waals surface area contributed by atoms with Crippen LogP contribution < -0.4 is 10.6 Å². The molecule has 2 N–H and O–H groups in total. The number of dihydropyridines is 1. The second-order valence-electron chi connectivity index (χ2n) is 8.54. The Hall–Kier alpha value is -3.34. The van der Waals surface area contributed by atoms with Crippen molar-refractivity contribution in [1.29, 1.82) is 0 Å². The largest absolute Gasteiger partial charge is 0.379 e. The van der Waals surface area contributed by atoms with Gasteiger partial charge in [-0.1, -0.05) is 31.2 Å². The van der Waals surface area contributed by atoms with Crippen molar-refractivity contribution in [3.63, 3.8) is 0 Å². The Kier molecular flexibility index (Phi) is 7.52. The van der Waals surface area contributed by atoms with Gasteiger partial charge in [0.25, 0.3) is 5.91 Å². The van der Waals surface area contributed by atoms with Crippen LogP contribution in [0.3, 0.4) is 0 Å². The van der Waals surface area contributed by atoms with Gasteiger partial charge >= 0.3 is 0 Å². The molecule has 0 aliphatic carbocycles. The highest BCUT2D eigenvalue weighted by Gasteiger charge is 2.15. The highest BCUT2D eigenvalue weighted by atomic mass is 16.1. The predicted molar refractivity (Wildman–Crippen MR) is 138 cm³/mol. The molecule has 32 heavy (non-hydrogen) atoms. The molecular weight excluding hydrogens is 396 g/mol. The maximum Gasteiger partial charge on any atom is 0.255 e. The number of amides is 1. The molecule has 0 radical (unpaired) electrons. The normalized spacial score (nSPS) is 17.6. The van der Waals surface area contributed by atoms with E-state index in [1.54, 1.807) is 0 Å². The summed E-state index contributed by atoms with van der Waals surface area (Å²) in [5.41, 5.74) is 6.90. The quantitative estimate of drug-likeness (QED) is 0.554. The number of benzene rings is 2. The average molecular weight is 435 g/mol. The van der Waals surface area contributed by atoms with Gasteiger partial charge in [-0.05, 0) is 68.7 Å². The van der Waals surface area contributed by atoms with E-state index in [0.717, 1.165) is 34.8 Å². The number of hydrogen-bond acceptors (Lipinski definition) is 4. The predicted octanol–water partition coefficient (Wildman–Crippen LogP) is 6.10. The maximum absolute atomic E-state index is 12.7. The lowest BCUT2D eigenvalue weighted by Gasteiger charge is -2.22. The molecule has 0 saturated carbocycles. The van der Waals surface area contributed by atoms with Crippen LogP contribution in [0.15, 0.2) is 71.1 Å². The summed E-state index contributed by atoms with van der Waals surface area (Å²) in [5.74, 6) is 0.144. The Bertz CT molecular complexity index is 1080. The fraction of sp³-hybridized carbons (Fsp3) is 0.333. The van der Waals surface area contributed by atoms with E-state index in [1.807, 2.05) is 56.5 Å². The second-order valence-corrected chi connectivity index (χ2v) is 8.54. The number of carbonyl (C=O) groups excluding carboxylic acids is 1. The number of allylic oxidation sites excluding steroid dienone is 2. The fourth-order valence-corrected chi connectivity index (χ4v) is 3.52. The molecule has 3 rings (SSSR count). The van der Waals surface area contributed by atoms with E-state index in [9.17, 15) is 4.79 Å². The number of nitrogens with one attached hydrogen (secondary N) is 2. The SMILES string of the molecule is CCN(C)/C=C1/N=CC(N[C@@H](C)c2cccc(NC(=O)c3ccc(C)c(C)c3)c2)=CC1C.[HH].[HH]. The molecule has 5 nitrogen and oxygen atoms in total. The molecular formula is C27H38N4O. The van der Waals surface area contributed by atoms with Crippen LogP contribution >= 0.6 is 0 Å². The van der Waals surface area contributed by atoms with Gasteiger partial charge in [-0.2, -0.15) is 0 Å². The molecule has 1 heterocycles. The highest BCUT2D eigenvalue weighted by Crippen LogP contribution is 2.23. The molecule has 2 aromatic rings. The number of aryl methyl sites for hydroxylation is 2. The van der Waals surface area contributed by atoms with Gasteiger partial charge in [0.15, 0.2) is 0 Å². The van der Waals surface area contributed by atoms with Crippen molar-refractivity contribution in [3.8, 4) is 0 Å². The van der Waals surface area contributed by atoms with Crippen LogP contribution in [0.4, 0.5) is 5.69 Å². The van der Waals surface area contributed by atoms with E-state index in [4.69, 9.17) is 0 Å². The molecule has 0 aromatic heterocycles. The van der Waals surface area contributed by atoms with Gasteiger partial charge in [-0.25, -0.2) is 0 Å². The summed E-state index contributed by atoms with van der Waals surface area (Å²) in [6, 6.07) is 13.8. The Morgan fingerprint density at radius 3 is 2.69 bits per heavy atom. The molecule has 5 heteroatoms. The lowest BCUT2D eigenvalue weighted by molar-refractivity contribution is 0.102. The van der Waals surface area contributed by atoms with Crippen LogP contribution in [0.25, 0.3) is 0 Å². The van der Waals surface area contributed by atoms with E-state index in [1.165, 1.54) is 5.56 Å². The van der Waals surface area contributed by atoms with Crippen LogP contribution in [0, 0.1) is 19.8 Å². The Labute approximate surface area is 194 Å². The van der Waals surface area contributed by atoms with Crippen LogP contribution in [0.2, 0.25) is 0 Å². The van der Waals surface area contributed by atoms with Crippen molar-refractivity contribution >= 4 is 17.8 Å². The number of rotatable bonds is 7. The first-order valence-electron chi connectivity index (χ1n) is 11.2. The Morgan fingerprint density at radius 2 is 2.00 bits per heavy atom. The molecule has 1 aliphatic heterocycles. The molecule has 0 bridgehead atoms. The van der Waals surface area contributed by atoms with E-state index in [2.05, 4.69) is 66.7 Å². The standard InChI is InChI=1S/C27H34N4O.2H2/c1-7-31(6)17-26-20(4)14-25(16-28-26)29-21(5)22-9-8-10-24(15-22)30-27(32)23-12-11-18(2)19(3)13-23;;/h8-17,20-21,29H,7H2,1-6H3,(H,30,32);2*1H/b26-17+;;/t20?,21-;;/m0../s1. The number of carbonyl (C=O) groups is 1. The van der Waals surface area contributed by atoms with Crippen molar-refractivity contribution in [2.75, 3.05) is 18.9 Å². The van der Waals surface area contributed by atoms with E-state index >= 15 is 0 Å². The summed E-state index contributed by atoms with van der Waals surface area (Å²) in [4.78, 5) is 19.5. The number of aliphatic imine (C=N–C) groups is 1. The third-order valence-electron chi connectivity index (χ3n) is 5.90. The first-order valence-corrected chi connectivity index (χ1v) is 11.2. The molecule has 1 amide bonds. The molecule has 172 valence electrons. The minimum atomic E-state index is -0.0989. The van der Waals surface area contributed by atoms with Crippen LogP contribution in [-0.4, -0.2) is 30.6 Å². The molecule has 2 atom stereocenters. The highest BCUT2D eigenvalue weighted by molar-refractivity contribution is 6.04. The molecule has 0 fully saturated rings. The number of hydrogen-bond donors (Lipinski definition) is 2. The fourth-order valence-electron chi connectivity index (χ4n) is 3.52. The summed E-state index contributed by atoms with van der Waals surface area (Å²) in [6.45, 7) is 11.4. The second kappa shape index (κ2) is 10.3. The van der Waals surface area contributed by atoms with Crippen molar-refractivity contribution in [3.05, 3.63) is 88.4 Å². The van der Waals surface area contributed by atoms with Gasteiger partial charge in [-0.15, -0.1) is 0 Å². The van der Waals surface area contributed by atoms with Gasteiger partial charge in [0, 0.05) is 51.6 Å². The maximum atomic E-state index is 12.7. The van der Waals surface area contributed by atoms with Gasteiger partial charge in [0.1, 0.15) is 0 Å². The molecule has 1 unspecified atom stereocenters. The summed E-state index contributed by atoms with van der Waals surface area (Å²) < 4.78 is 0. The van der Waals surface area contributed by atoms with E-state index < -0.39 is 0 Å². The van der Waals surface area contributed by atoms with Gasteiger partial charge in [-0.3, -0.25) is 9.79 Å². The minimum absolute atomic E-state index is 0. The minimum Gasteiger partial charge on any atom is -0.379 e. The molecule has 0 saturated heterocycles. The molecule has 0 spiro atoms. The zero-order valence-electron chi connectivity index (χ0n) is 19.9. The van der Waals surface area contributed by atoms with Gasteiger partial charge in [0.05, 0.1) is 11.9 Å². The first-order chi connectivity index (χ1) is 15.3. The average Bonchev–Trinajstić information content (AvgIpc) is 2.77. The zero-order chi connectivity index (χ0) is 23.3. The van der Waals surface area contributed by atoms with E-state index in [0.29, 0.717) is 5.56 Å². The lowest BCUT2D eigenvalue weighted by atomic mass is 10.0. The monoisotopic (exact) mass is 434 g/mol. The smallest absolute Gasteiger partial charge is 0.255 e. The van der Waals surface area contributed by atoms with Crippen LogP contribution in [0.1, 0.15) is 56.7 Å². The summed E-state index contributed by atoms with van der Waals surface area (Å²) >= 11 is 0. The number of anilines is 1. The van der Waals surface area contributed by atoms with Crippen LogP contribution in [-0.2, 0) is 0 Å². The van der Waals surface area contributed by atoms with Crippen molar-refractivity contribution in [1.82, 2.24) is 10.2 Å². The Morgan fingerprint density at radius 1 is 1.22 bits per heavy atom. The molecule has 2 aromatic carbocycles. The van der Waals surface area contributed by atoms with Crippen molar-refractivity contribution in [2.45, 2.75) is 40.7 Å². The van der Waals surface area contributed by atoms with Gasteiger partial charge in [0.2, 0.25) is 0 Å². The zero-order valence-corrected chi connectivity index (χ0v) is 19.9. The molecule has 1 aliphatic rings. The number of nitrogens with zero attached hydrogens (tertiary/aromatic N) is 2. The topological polar surface area (TPSA) is 56.7 Å². The van der Waals surface area contributed by atoms with Crippen LogP contribution in [0.5, 0.6) is 0 Å². The van der Waals surface area contributed by atoms with Crippen molar-refractivity contribution in [2.24, 2.45) is 10.9 Å². The van der Waals surface area contributed by atoms with E-state index in [-0.39, 0.29) is 20.7 Å². The lowest BCUT2D eigenvalue weighted by Crippen LogP contribution is -2.22. The third kappa shape index (κ3) is 5.88. The first kappa shape index (κ1) is 23.3. The Balaban J connectivity index is 0.00000289.